The first-order chi connectivity index (χ1) is 17.4. The highest BCUT2D eigenvalue weighted by molar-refractivity contribution is 9.10. The maximum Gasteiger partial charge on any atom is 0.344 e. The molecule has 178 valence electrons. The molecule has 0 unspecified atom stereocenters. The molecule has 1 aliphatic heterocycles. The number of ether oxygens (including phenoxy) is 1. The second kappa shape index (κ2) is 10.1. The van der Waals surface area contributed by atoms with E-state index in [2.05, 4.69) is 15.9 Å². The number of fused-ring (bicyclic) bond motifs is 1. The highest BCUT2D eigenvalue weighted by Crippen LogP contribution is 2.36. The van der Waals surface area contributed by atoms with Crippen molar-refractivity contribution in [1.29, 1.82) is 0 Å². The topological polar surface area (TPSA) is 63.7 Å². The van der Waals surface area contributed by atoms with E-state index < -0.39 is 5.97 Å². The van der Waals surface area contributed by atoms with Gasteiger partial charge in [-0.1, -0.05) is 76.6 Å². The number of amides is 2. The lowest BCUT2D eigenvalue weighted by Crippen LogP contribution is -2.27. The first-order valence-electron chi connectivity index (χ1n) is 11.2. The highest BCUT2D eigenvalue weighted by atomic mass is 79.9. The second-order valence-electron chi connectivity index (χ2n) is 8.29. The van der Waals surface area contributed by atoms with E-state index in [4.69, 9.17) is 4.74 Å². The number of thioether (sulfide) groups is 1. The molecule has 2 amide bonds. The number of carbonyl (C=O) groups is 3. The molecule has 1 aliphatic rings. The van der Waals surface area contributed by atoms with Crippen molar-refractivity contribution >= 4 is 61.7 Å². The Balaban J connectivity index is 1.44. The molecule has 1 saturated heterocycles. The number of hydrogen-bond donors (Lipinski definition) is 0. The molecule has 0 aliphatic carbocycles. The Morgan fingerprint density at radius 1 is 0.972 bits per heavy atom. The van der Waals surface area contributed by atoms with E-state index in [1.165, 1.54) is 4.90 Å². The van der Waals surface area contributed by atoms with Crippen molar-refractivity contribution < 1.29 is 19.1 Å². The summed E-state index contributed by atoms with van der Waals surface area (Å²) in [5.41, 5.74) is 2.88. The van der Waals surface area contributed by atoms with Crippen LogP contribution in [0.3, 0.4) is 0 Å². The Morgan fingerprint density at radius 2 is 1.72 bits per heavy atom. The SMILES string of the molecule is Cc1ccccc1CN1C(=O)S/C(=C\c2cc(Br)ccc2OC(=O)c2cccc3ccccc23)C1=O. The molecular weight excluding hydrogens is 538 g/mol. The number of rotatable bonds is 5. The molecule has 7 heteroatoms. The average Bonchev–Trinajstić information content (AvgIpc) is 3.13. The van der Waals surface area contributed by atoms with E-state index in [1.807, 2.05) is 67.6 Å². The van der Waals surface area contributed by atoms with Crippen LogP contribution in [0.1, 0.15) is 27.0 Å². The van der Waals surface area contributed by atoms with Gasteiger partial charge in [-0.05, 0) is 70.9 Å². The molecule has 0 saturated carbocycles. The highest BCUT2D eigenvalue weighted by Gasteiger charge is 2.35. The minimum absolute atomic E-state index is 0.204. The number of imide groups is 1. The first-order valence-corrected chi connectivity index (χ1v) is 12.8. The summed E-state index contributed by atoms with van der Waals surface area (Å²) in [6, 6.07) is 25.9. The van der Waals surface area contributed by atoms with Gasteiger partial charge < -0.3 is 4.74 Å². The lowest BCUT2D eigenvalue weighted by molar-refractivity contribution is -0.123. The van der Waals surface area contributed by atoms with Crippen LogP contribution < -0.4 is 4.74 Å². The molecular formula is C29H20BrNO4S. The minimum Gasteiger partial charge on any atom is -0.422 e. The smallest absolute Gasteiger partial charge is 0.344 e. The van der Waals surface area contributed by atoms with Crippen LogP contribution in [0.4, 0.5) is 4.79 Å². The van der Waals surface area contributed by atoms with E-state index in [0.717, 1.165) is 38.1 Å². The molecule has 0 N–H and O–H groups in total. The van der Waals surface area contributed by atoms with Gasteiger partial charge in [-0.3, -0.25) is 14.5 Å². The number of hydrogen-bond acceptors (Lipinski definition) is 5. The molecule has 36 heavy (non-hydrogen) atoms. The third-order valence-corrected chi connectivity index (χ3v) is 7.33. The summed E-state index contributed by atoms with van der Waals surface area (Å²) >= 11 is 4.32. The summed E-state index contributed by atoms with van der Waals surface area (Å²) in [5.74, 6) is -0.585. The van der Waals surface area contributed by atoms with Gasteiger partial charge in [-0.15, -0.1) is 0 Å². The summed E-state index contributed by atoms with van der Waals surface area (Å²) < 4.78 is 6.53. The second-order valence-corrected chi connectivity index (χ2v) is 10.2. The van der Waals surface area contributed by atoms with Gasteiger partial charge in [0, 0.05) is 10.0 Å². The molecule has 1 heterocycles. The molecule has 0 radical (unpaired) electrons. The zero-order valence-corrected chi connectivity index (χ0v) is 21.6. The van der Waals surface area contributed by atoms with Crippen LogP contribution in [-0.4, -0.2) is 22.0 Å². The van der Waals surface area contributed by atoms with Gasteiger partial charge in [0.25, 0.3) is 11.1 Å². The minimum atomic E-state index is -0.503. The Morgan fingerprint density at radius 3 is 2.56 bits per heavy atom. The van der Waals surface area contributed by atoms with Crippen LogP contribution in [0.15, 0.2) is 94.3 Å². The summed E-state index contributed by atoms with van der Waals surface area (Å²) in [6.07, 6.45) is 1.60. The number of aryl methyl sites for hydroxylation is 1. The Labute approximate surface area is 220 Å². The van der Waals surface area contributed by atoms with Crippen molar-refractivity contribution in [2.24, 2.45) is 0 Å². The molecule has 1 fully saturated rings. The van der Waals surface area contributed by atoms with Crippen LogP contribution in [0.25, 0.3) is 16.8 Å². The van der Waals surface area contributed by atoms with Gasteiger partial charge in [-0.2, -0.15) is 0 Å². The summed E-state index contributed by atoms with van der Waals surface area (Å²) in [7, 11) is 0. The molecule has 4 aromatic carbocycles. The molecule has 4 aromatic rings. The predicted octanol–water partition coefficient (Wildman–Crippen LogP) is 7.37. The first kappa shape index (κ1) is 24.0. The predicted molar refractivity (Wildman–Crippen MR) is 146 cm³/mol. The zero-order valence-electron chi connectivity index (χ0n) is 19.2. The number of esters is 1. The van der Waals surface area contributed by atoms with Crippen molar-refractivity contribution in [2.45, 2.75) is 13.5 Å². The Kier molecular flexibility index (Phi) is 6.76. The fourth-order valence-electron chi connectivity index (χ4n) is 4.02. The van der Waals surface area contributed by atoms with Crippen molar-refractivity contribution in [3.05, 3.63) is 117 Å². The van der Waals surface area contributed by atoms with Gasteiger partial charge in [0.1, 0.15) is 5.75 Å². The lowest BCUT2D eigenvalue weighted by atomic mass is 10.0. The Hall–Kier alpha value is -3.68. The van der Waals surface area contributed by atoms with Crippen LogP contribution >= 0.6 is 27.7 Å². The summed E-state index contributed by atoms with van der Waals surface area (Å²) in [5, 5.41) is 1.39. The number of halogens is 1. The zero-order chi connectivity index (χ0) is 25.2. The van der Waals surface area contributed by atoms with E-state index in [1.54, 1.807) is 30.3 Å². The molecule has 5 rings (SSSR count). The summed E-state index contributed by atoms with van der Waals surface area (Å²) in [6.45, 7) is 2.15. The van der Waals surface area contributed by atoms with Crippen molar-refractivity contribution in [1.82, 2.24) is 4.90 Å². The summed E-state index contributed by atoms with van der Waals surface area (Å²) in [4.78, 5) is 40.4. The normalized spacial score (nSPS) is 14.6. The van der Waals surface area contributed by atoms with Gasteiger partial charge in [-0.25, -0.2) is 4.79 Å². The number of benzene rings is 4. The molecule has 0 spiro atoms. The lowest BCUT2D eigenvalue weighted by Gasteiger charge is -2.14. The molecule has 0 bridgehead atoms. The fraction of sp³-hybridized carbons (Fsp3) is 0.0690. The van der Waals surface area contributed by atoms with E-state index in [-0.39, 0.29) is 22.6 Å². The van der Waals surface area contributed by atoms with Gasteiger partial charge in [0.05, 0.1) is 17.0 Å². The van der Waals surface area contributed by atoms with Crippen LogP contribution in [0, 0.1) is 6.92 Å². The standard InChI is InChI=1S/C29H20BrNO4S/c1-18-7-2-3-9-20(18)17-31-27(32)26(36-29(31)34)16-21-15-22(30)13-14-25(21)35-28(33)24-12-6-10-19-8-4-5-11-23(19)24/h2-16H,17H2,1H3/b26-16-. The van der Waals surface area contributed by atoms with Crippen molar-refractivity contribution in [2.75, 3.05) is 0 Å². The van der Waals surface area contributed by atoms with Crippen LogP contribution in [-0.2, 0) is 11.3 Å². The van der Waals surface area contributed by atoms with E-state index >= 15 is 0 Å². The van der Waals surface area contributed by atoms with Crippen molar-refractivity contribution in [3.8, 4) is 5.75 Å². The third-order valence-electron chi connectivity index (χ3n) is 5.93. The number of nitrogens with zero attached hydrogens (tertiary/aromatic N) is 1. The maximum atomic E-state index is 13.1. The van der Waals surface area contributed by atoms with E-state index in [9.17, 15) is 14.4 Å². The monoisotopic (exact) mass is 557 g/mol. The number of carbonyl (C=O) groups excluding carboxylic acids is 3. The average molecular weight is 558 g/mol. The van der Waals surface area contributed by atoms with Gasteiger partial charge in [0.2, 0.25) is 0 Å². The maximum absolute atomic E-state index is 13.1. The quantitative estimate of drug-likeness (QED) is 0.145. The van der Waals surface area contributed by atoms with Gasteiger partial charge >= 0.3 is 5.97 Å². The van der Waals surface area contributed by atoms with Crippen LogP contribution in [0.2, 0.25) is 0 Å². The largest absolute Gasteiger partial charge is 0.422 e. The fourth-order valence-corrected chi connectivity index (χ4v) is 5.23. The van der Waals surface area contributed by atoms with Gasteiger partial charge in [0.15, 0.2) is 0 Å². The third kappa shape index (κ3) is 4.85. The van der Waals surface area contributed by atoms with E-state index in [0.29, 0.717) is 16.9 Å². The molecule has 5 nitrogen and oxygen atoms in total. The molecule has 0 aromatic heterocycles. The molecule has 0 atom stereocenters. The van der Waals surface area contributed by atoms with Crippen LogP contribution in [0.5, 0.6) is 5.75 Å². The van der Waals surface area contributed by atoms with Crippen molar-refractivity contribution in [3.63, 3.8) is 0 Å². The Bertz CT molecular complexity index is 1560.